The van der Waals surface area contributed by atoms with E-state index in [0.717, 1.165) is 18.5 Å². The van der Waals surface area contributed by atoms with Crippen LogP contribution in [0.15, 0.2) is 48.5 Å². The molecule has 2 aromatic rings. The number of hydrogen-bond acceptors (Lipinski definition) is 4. The van der Waals surface area contributed by atoms with Crippen molar-refractivity contribution in [1.29, 1.82) is 0 Å². The minimum atomic E-state index is -0.378. The van der Waals surface area contributed by atoms with Crippen molar-refractivity contribution in [2.24, 2.45) is 0 Å². The molecule has 0 radical (unpaired) electrons. The lowest BCUT2D eigenvalue weighted by atomic mass is 9.94. The van der Waals surface area contributed by atoms with Crippen LogP contribution in [0.1, 0.15) is 22.7 Å². The van der Waals surface area contributed by atoms with Crippen LogP contribution < -0.4 is 10.9 Å². The van der Waals surface area contributed by atoms with Gasteiger partial charge in [-0.2, -0.15) is 0 Å². The topological polar surface area (TPSA) is 67.2 Å². The van der Waals surface area contributed by atoms with Crippen molar-refractivity contribution in [2.75, 3.05) is 6.54 Å². The third kappa shape index (κ3) is 2.41. The highest BCUT2D eigenvalue weighted by Crippen LogP contribution is 2.27. The summed E-state index contributed by atoms with van der Waals surface area (Å²) in [5.41, 5.74) is 10.1. The molecule has 0 aliphatic carbocycles. The van der Waals surface area contributed by atoms with Crippen molar-refractivity contribution in [3.63, 3.8) is 0 Å². The van der Waals surface area contributed by atoms with Crippen LogP contribution in [0.3, 0.4) is 0 Å². The fourth-order valence-corrected chi connectivity index (χ4v) is 2.54. The van der Waals surface area contributed by atoms with Gasteiger partial charge in [-0.1, -0.05) is 36.4 Å². The molecule has 0 amide bonds. The van der Waals surface area contributed by atoms with E-state index in [9.17, 15) is 10.1 Å². The van der Waals surface area contributed by atoms with Crippen molar-refractivity contribution in [3.8, 4) is 0 Å². The van der Waals surface area contributed by atoms with Crippen molar-refractivity contribution >= 4 is 5.69 Å². The fourth-order valence-electron chi connectivity index (χ4n) is 2.54. The van der Waals surface area contributed by atoms with Gasteiger partial charge in [-0.25, -0.2) is 5.43 Å². The molecule has 0 spiro atoms. The highest BCUT2D eigenvalue weighted by Gasteiger charge is 2.19. The molecule has 1 atom stereocenters. The second kappa shape index (κ2) is 5.40. The van der Waals surface area contributed by atoms with E-state index in [1.807, 2.05) is 12.1 Å². The van der Waals surface area contributed by atoms with Crippen LogP contribution in [0, 0.1) is 10.1 Å². The van der Waals surface area contributed by atoms with Gasteiger partial charge in [0.05, 0.1) is 11.0 Å². The van der Waals surface area contributed by atoms with Gasteiger partial charge < -0.3 is 0 Å². The largest absolute Gasteiger partial charge is 0.269 e. The van der Waals surface area contributed by atoms with Crippen LogP contribution >= 0.6 is 0 Å². The Kier molecular flexibility index (Phi) is 3.45. The van der Waals surface area contributed by atoms with Crippen molar-refractivity contribution < 1.29 is 4.92 Å². The van der Waals surface area contributed by atoms with Gasteiger partial charge in [-0.05, 0) is 23.1 Å². The maximum Gasteiger partial charge on any atom is 0.269 e. The van der Waals surface area contributed by atoms with Crippen LogP contribution in [0.25, 0.3) is 0 Å². The second-order valence-corrected chi connectivity index (χ2v) is 4.80. The lowest BCUT2D eigenvalue weighted by molar-refractivity contribution is -0.384. The molecule has 2 aromatic carbocycles. The monoisotopic (exact) mass is 269 g/mol. The highest BCUT2D eigenvalue weighted by atomic mass is 16.6. The van der Waals surface area contributed by atoms with Gasteiger partial charge in [0, 0.05) is 18.7 Å². The molecule has 102 valence electrons. The van der Waals surface area contributed by atoms with E-state index in [4.69, 9.17) is 0 Å². The van der Waals surface area contributed by atoms with E-state index in [0.29, 0.717) is 0 Å². The molecular formula is C15H15N3O2. The van der Waals surface area contributed by atoms with Gasteiger partial charge >= 0.3 is 0 Å². The summed E-state index contributed by atoms with van der Waals surface area (Å²) in [5.74, 6) is 0. The molecule has 5 heteroatoms. The number of fused-ring (bicyclic) bond motifs is 1. The molecule has 0 saturated heterocycles. The lowest BCUT2D eigenvalue weighted by Crippen LogP contribution is -2.34. The Morgan fingerprint density at radius 2 is 1.85 bits per heavy atom. The van der Waals surface area contributed by atoms with Crippen molar-refractivity contribution in [1.82, 2.24) is 10.9 Å². The number of rotatable bonds is 2. The van der Waals surface area contributed by atoms with Crippen LogP contribution in [0.5, 0.6) is 0 Å². The zero-order valence-corrected chi connectivity index (χ0v) is 10.9. The zero-order chi connectivity index (χ0) is 13.9. The van der Waals surface area contributed by atoms with Crippen LogP contribution in [0.4, 0.5) is 5.69 Å². The summed E-state index contributed by atoms with van der Waals surface area (Å²) < 4.78 is 0. The zero-order valence-electron chi connectivity index (χ0n) is 10.9. The Hall–Kier alpha value is -2.24. The maximum absolute atomic E-state index is 10.7. The molecular weight excluding hydrogens is 254 g/mol. The van der Waals surface area contributed by atoms with E-state index in [1.165, 1.54) is 11.1 Å². The first-order valence-corrected chi connectivity index (χ1v) is 6.56. The van der Waals surface area contributed by atoms with Crippen LogP contribution in [0.2, 0.25) is 0 Å². The first kappa shape index (κ1) is 12.8. The van der Waals surface area contributed by atoms with Crippen molar-refractivity contribution in [3.05, 3.63) is 75.3 Å². The molecule has 20 heavy (non-hydrogen) atoms. The van der Waals surface area contributed by atoms with Gasteiger partial charge in [0.2, 0.25) is 0 Å². The Labute approximate surface area is 116 Å². The number of nitro benzene ring substituents is 1. The number of nitro groups is 1. The number of non-ortho nitro benzene ring substituents is 1. The van der Waals surface area contributed by atoms with E-state index >= 15 is 0 Å². The first-order chi connectivity index (χ1) is 9.75. The summed E-state index contributed by atoms with van der Waals surface area (Å²) in [5, 5.41) is 10.7. The predicted molar refractivity (Wildman–Crippen MR) is 76.2 cm³/mol. The average Bonchev–Trinajstić information content (AvgIpc) is 2.69. The molecule has 1 unspecified atom stereocenters. The molecule has 1 aliphatic heterocycles. The SMILES string of the molecule is O=[N+]([O-])c1ccc(C2NNCCc3ccccc32)cc1. The minimum Gasteiger partial charge on any atom is -0.258 e. The van der Waals surface area contributed by atoms with E-state index in [-0.39, 0.29) is 16.7 Å². The molecule has 1 aliphatic rings. The Morgan fingerprint density at radius 1 is 1.10 bits per heavy atom. The number of hydrazine groups is 1. The number of nitrogens with zero attached hydrogens (tertiary/aromatic N) is 1. The smallest absolute Gasteiger partial charge is 0.258 e. The molecule has 5 nitrogen and oxygen atoms in total. The molecule has 0 bridgehead atoms. The van der Waals surface area contributed by atoms with Crippen molar-refractivity contribution in [2.45, 2.75) is 12.5 Å². The Bertz CT molecular complexity index is 625. The van der Waals surface area contributed by atoms with E-state index in [2.05, 4.69) is 23.0 Å². The summed E-state index contributed by atoms with van der Waals surface area (Å²) in [6.07, 6.45) is 0.965. The highest BCUT2D eigenvalue weighted by molar-refractivity contribution is 5.41. The Morgan fingerprint density at radius 3 is 2.60 bits per heavy atom. The molecule has 1 heterocycles. The van der Waals surface area contributed by atoms with Gasteiger partial charge in [0.15, 0.2) is 0 Å². The summed E-state index contributed by atoms with van der Waals surface area (Å²) in [4.78, 5) is 10.3. The molecule has 3 rings (SSSR count). The summed E-state index contributed by atoms with van der Waals surface area (Å²) in [7, 11) is 0. The van der Waals surface area contributed by atoms with Gasteiger partial charge in [0.1, 0.15) is 0 Å². The van der Waals surface area contributed by atoms with E-state index < -0.39 is 0 Å². The van der Waals surface area contributed by atoms with E-state index in [1.54, 1.807) is 24.3 Å². The second-order valence-electron chi connectivity index (χ2n) is 4.80. The summed E-state index contributed by atoms with van der Waals surface area (Å²) >= 11 is 0. The summed E-state index contributed by atoms with van der Waals surface area (Å²) in [6.45, 7) is 0.862. The van der Waals surface area contributed by atoms with Gasteiger partial charge in [0.25, 0.3) is 5.69 Å². The van der Waals surface area contributed by atoms with Crippen LogP contribution in [-0.4, -0.2) is 11.5 Å². The number of nitrogens with one attached hydrogen (secondary N) is 2. The molecule has 0 saturated carbocycles. The average molecular weight is 269 g/mol. The normalized spacial score (nSPS) is 18.1. The molecule has 0 aromatic heterocycles. The quantitative estimate of drug-likeness (QED) is 0.648. The maximum atomic E-state index is 10.7. The van der Waals surface area contributed by atoms with Gasteiger partial charge in [-0.3, -0.25) is 15.5 Å². The molecule has 2 N–H and O–H groups in total. The van der Waals surface area contributed by atoms with Crippen LogP contribution in [-0.2, 0) is 6.42 Å². The third-order valence-electron chi connectivity index (χ3n) is 3.57. The number of hydrogen-bond donors (Lipinski definition) is 2. The molecule has 0 fully saturated rings. The van der Waals surface area contributed by atoms with Gasteiger partial charge in [-0.15, -0.1) is 0 Å². The predicted octanol–water partition coefficient (Wildman–Crippen LogP) is 2.33. The lowest BCUT2D eigenvalue weighted by Gasteiger charge is -2.19. The first-order valence-electron chi connectivity index (χ1n) is 6.56. The summed E-state index contributed by atoms with van der Waals surface area (Å²) in [6, 6.07) is 15.0. The third-order valence-corrected chi connectivity index (χ3v) is 3.57. The standard InChI is InChI=1S/C15H15N3O2/c19-18(20)13-7-5-12(6-8-13)15-14-4-2-1-3-11(14)9-10-16-17-15/h1-8,15-17H,9-10H2. The number of benzene rings is 2. The minimum absolute atomic E-state index is 0.00880. The fraction of sp³-hybridized carbons (Fsp3) is 0.200. The Balaban J connectivity index is 1.98.